The number of nitrogens with zero attached hydrogens (tertiary/aromatic N) is 4. The molecule has 2 fully saturated rings. The van der Waals surface area contributed by atoms with Crippen LogP contribution in [0, 0.1) is 10.7 Å². The van der Waals surface area contributed by atoms with Gasteiger partial charge in [0.25, 0.3) is 0 Å². The van der Waals surface area contributed by atoms with Crippen molar-refractivity contribution < 1.29 is 0 Å². The lowest BCUT2D eigenvalue weighted by Gasteiger charge is -2.34. The van der Waals surface area contributed by atoms with Gasteiger partial charge in [-0.1, -0.05) is 0 Å². The lowest BCUT2D eigenvalue weighted by atomic mass is 10.3. The van der Waals surface area contributed by atoms with Gasteiger partial charge in [-0.2, -0.15) is 0 Å². The molecule has 1 N–H and O–H groups in total. The van der Waals surface area contributed by atoms with E-state index in [9.17, 15) is 0 Å². The number of anilines is 1. The minimum atomic E-state index is 0.695. The van der Waals surface area contributed by atoms with Crippen LogP contribution in [0.5, 0.6) is 0 Å². The first-order valence-corrected chi connectivity index (χ1v) is 6.73. The molecular formula is C11H19N5S. The van der Waals surface area contributed by atoms with E-state index in [1.807, 2.05) is 11.6 Å². The highest BCUT2D eigenvalue weighted by Gasteiger charge is 2.27. The molecule has 0 amide bonds. The summed E-state index contributed by atoms with van der Waals surface area (Å²) in [5, 5.41) is 7.14. The maximum atomic E-state index is 5.14. The Hall–Kier alpha value is -0.880. The van der Waals surface area contributed by atoms with Crippen LogP contribution in [0.1, 0.15) is 12.8 Å². The Morgan fingerprint density at radius 3 is 2.53 bits per heavy atom. The number of piperazine rings is 1. The van der Waals surface area contributed by atoms with Crippen LogP contribution in [-0.2, 0) is 7.05 Å². The van der Waals surface area contributed by atoms with E-state index >= 15 is 0 Å². The quantitative estimate of drug-likeness (QED) is 0.816. The second-order valence-corrected chi connectivity index (χ2v) is 5.51. The summed E-state index contributed by atoms with van der Waals surface area (Å²) in [5.74, 6) is 1.96. The van der Waals surface area contributed by atoms with Crippen molar-refractivity contribution in [3.63, 3.8) is 0 Å². The highest BCUT2D eigenvalue weighted by Crippen LogP contribution is 2.30. The van der Waals surface area contributed by atoms with Gasteiger partial charge in [0.15, 0.2) is 4.77 Å². The summed E-state index contributed by atoms with van der Waals surface area (Å²) in [4.78, 5) is 4.89. The Bertz CT molecular complexity index is 439. The van der Waals surface area contributed by atoms with E-state index in [1.54, 1.807) is 0 Å². The average Bonchev–Trinajstić information content (AvgIpc) is 3.09. The van der Waals surface area contributed by atoms with Gasteiger partial charge in [0.1, 0.15) is 0 Å². The van der Waals surface area contributed by atoms with Crippen molar-refractivity contribution in [2.45, 2.75) is 12.8 Å². The van der Waals surface area contributed by atoms with Gasteiger partial charge in [-0.05, 0) is 31.0 Å². The predicted octanol–water partition coefficient (Wildman–Crippen LogP) is 1.01. The van der Waals surface area contributed by atoms with Crippen molar-refractivity contribution in [2.75, 3.05) is 37.6 Å². The molecule has 0 bridgehead atoms. The van der Waals surface area contributed by atoms with Crippen LogP contribution in [-0.4, -0.2) is 52.4 Å². The zero-order valence-corrected chi connectivity index (χ0v) is 11.0. The van der Waals surface area contributed by atoms with Crippen LogP contribution >= 0.6 is 12.2 Å². The molecule has 94 valence electrons. The fourth-order valence-electron chi connectivity index (χ4n) is 2.42. The van der Waals surface area contributed by atoms with Crippen molar-refractivity contribution in [1.29, 1.82) is 0 Å². The molecule has 2 aliphatic rings. The zero-order valence-electron chi connectivity index (χ0n) is 10.2. The van der Waals surface area contributed by atoms with Gasteiger partial charge in [0, 0.05) is 39.8 Å². The first kappa shape index (κ1) is 11.2. The van der Waals surface area contributed by atoms with Crippen LogP contribution in [0.3, 0.4) is 0 Å². The minimum absolute atomic E-state index is 0.695. The molecular weight excluding hydrogens is 234 g/mol. The van der Waals surface area contributed by atoms with Crippen molar-refractivity contribution >= 4 is 18.2 Å². The van der Waals surface area contributed by atoms with E-state index in [4.69, 9.17) is 12.2 Å². The number of hydrogen-bond acceptors (Lipinski definition) is 4. The zero-order chi connectivity index (χ0) is 11.8. The Morgan fingerprint density at radius 2 is 2.00 bits per heavy atom. The van der Waals surface area contributed by atoms with E-state index in [-0.39, 0.29) is 0 Å². The van der Waals surface area contributed by atoms with Crippen LogP contribution in [0.4, 0.5) is 5.95 Å². The van der Waals surface area contributed by atoms with Crippen LogP contribution in [0.15, 0.2) is 0 Å². The highest BCUT2D eigenvalue weighted by atomic mass is 32.1. The summed E-state index contributed by atoms with van der Waals surface area (Å²) in [5.41, 5.74) is 0. The van der Waals surface area contributed by atoms with Crippen molar-refractivity contribution in [1.82, 2.24) is 19.7 Å². The smallest absolute Gasteiger partial charge is 0.225 e. The van der Waals surface area contributed by atoms with Gasteiger partial charge in [-0.15, -0.1) is 5.10 Å². The molecule has 5 nitrogen and oxygen atoms in total. The lowest BCUT2D eigenvalue weighted by Crippen LogP contribution is -2.47. The summed E-state index contributed by atoms with van der Waals surface area (Å²) in [6.07, 6.45) is 2.88. The largest absolute Gasteiger partial charge is 0.338 e. The third kappa shape index (κ3) is 2.37. The maximum Gasteiger partial charge on any atom is 0.225 e. The van der Waals surface area contributed by atoms with Gasteiger partial charge in [-0.25, -0.2) is 5.10 Å². The molecule has 0 radical (unpaired) electrons. The summed E-state index contributed by atoms with van der Waals surface area (Å²) >= 11 is 5.14. The Morgan fingerprint density at radius 1 is 1.29 bits per heavy atom. The molecule has 17 heavy (non-hydrogen) atoms. The molecule has 1 aromatic heterocycles. The monoisotopic (exact) mass is 253 g/mol. The average molecular weight is 253 g/mol. The summed E-state index contributed by atoms with van der Waals surface area (Å²) < 4.78 is 2.65. The van der Waals surface area contributed by atoms with Gasteiger partial charge in [0.2, 0.25) is 5.95 Å². The number of hydrogen-bond donors (Lipinski definition) is 1. The number of rotatable bonds is 3. The molecule has 1 saturated carbocycles. The number of H-pyrrole nitrogens is 1. The van der Waals surface area contributed by atoms with E-state index in [0.717, 1.165) is 38.0 Å². The molecule has 1 saturated heterocycles. The normalized spacial score (nSPS) is 22.1. The minimum Gasteiger partial charge on any atom is -0.338 e. The van der Waals surface area contributed by atoms with Gasteiger partial charge in [0.05, 0.1) is 0 Å². The Balaban J connectivity index is 1.60. The second-order valence-electron chi connectivity index (χ2n) is 5.12. The number of nitrogens with one attached hydrogen (secondary N) is 1. The first-order chi connectivity index (χ1) is 8.24. The number of aromatic nitrogens is 3. The number of aromatic amines is 1. The SMILES string of the molecule is Cn1c(N2CCN(CC3CC3)CC2)n[nH]c1=S. The van der Waals surface area contributed by atoms with Crippen molar-refractivity contribution in [3.05, 3.63) is 4.77 Å². The fourth-order valence-corrected chi connectivity index (χ4v) is 2.54. The molecule has 2 heterocycles. The van der Waals surface area contributed by atoms with Gasteiger partial charge >= 0.3 is 0 Å². The molecule has 0 spiro atoms. The van der Waals surface area contributed by atoms with Crippen molar-refractivity contribution in [3.8, 4) is 0 Å². The summed E-state index contributed by atoms with van der Waals surface area (Å²) in [7, 11) is 1.97. The Labute approximate surface area is 106 Å². The molecule has 1 aromatic rings. The predicted molar refractivity (Wildman–Crippen MR) is 69.8 cm³/mol. The summed E-state index contributed by atoms with van der Waals surface area (Å²) in [6, 6.07) is 0. The highest BCUT2D eigenvalue weighted by molar-refractivity contribution is 7.71. The van der Waals surface area contributed by atoms with E-state index < -0.39 is 0 Å². The third-order valence-electron chi connectivity index (χ3n) is 3.72. The summed E-state index contributed by atoms with van der Waals surface area (Å²) in [6.45, 7) is 5.71. The standard InChI is InChI=1S/C11H19N5S/c1-14-10(12-13-11(14)17)16-6-4-15(5-7-16)8-9-2-3-9/h9H,2-8H2,1H3,(H,13,17). The van der Waals surface area contributed by atoms with Gasteiger partial charge < -0.3 is 4.90 Å². The van der Waals surface area contributed by atoms with E-state index in [1.165, 1.54) is 19.4 Å². The van der Waals surface area contributed by atoms with Gasteiger partial charge in [-0.3, -0.25) is 9.47 Å². The van der Waals surface area contributed by atoms with Crippen molar-refractivity contribution in [2.24, 2.45) is 13.0 Å². The first-order valence-electron chi connectivity index (χ1n) is 6.33. The van der Waals surface area contributed by atoms with Crippen LogP contribution in [0.2, 0.25) is 0 Å². The maximum absolute atomic E-state index is 5.14. The molecule has 1 aliphatic carbocycles. The third-order valence-corrected chi connectivity index (χ3v) is 4.09. The molecule has 3 rings (SSSR count). The van der Waals surface area contributed by atoms with E-state index in [0.29, 0.717) is 4.77 Å². The van der Waals surface area contributed by atoms with Crippen LogP contribution < -0.4 is 4.90 Å². The molecule has 6 heteroatoms. The molecule has 0 atom stereocenters. The second kappa shape index (κ2) is 4.42. The molecule has 1 aliphatic heterocycles. The van der Waals surface area contributed by atoms with Crippen LogP contribution in [0.25, 0.3) is 0 Å². The Kier molecular flexibility index (Phi) is 2.92. The lowest BCUT2D eigenvalue weighted by molar-refractivity contribution is 0.246. The fraction of sp³-hybridized carbons (Fsp3) is 0.818. The molecule has 0 unspecified atom stereocenters. The van der Waals surface area contributed by atoms with E-state index in [2.05, 4.69) is 20.0 Å². The molecule has 0 aromatic carbocycles. The topological polar surface area (TPSA) is 40.1 Å².